The van der Waals surface area contributed by atoms with Crippen molar-refractivity contribution in [2.75, 3.05) is 33.2 Å². The van der Waals surface area contributed by atoms with Crippen LogP contribution in [0.15, 0.2) is 48.0 Å². The Morgan fingerprint density at radius 2 is 1.92 bits per heavy atom. The van der Waals surface area contributed by atoms with E-state index in [0.717, 1.165) is 42.0 Å². The van der Waals surface area contributed by atoms with E-state index in [0.29, 0.717) is 5.56 Å². The zero-order valence-electron chi connectivity index (χ0n) is 14.8. The molecule has 136 valence electrons. The van der Waals surface area contributed by atoms with Crippen molar-refractivity contribution in [3.05, 3.63) is 58.4 Å². The first-order chi connectivity index (χ1) is 12.6. The number of ketones is 1. The van der Waals surface area contributed by atoms with Gasteiger partial charge in [-0.05, 0) is 24.6 Å². The number of aromatic nitrogens is 1. The van der Waals surface area contributed by atoms with Crippen LogP contribution in [0, 0.1) is 0 Å². The van der Waals surface area contributed by atoms with Gasteiger partial charge in [-0.1, -0.05) is 24.3 Å². The Hall–Kier alpha value is -1.99. The van der Waals surface area contributed by atoms with Gasteiger partial charge in [0, 0.05) is 53.7 Å². The van der Waals surface area contributed by atoms with Gasteiger partial charge >= 0.3 is 0 Å². The molecular weight excluding hydrogens is 346 g/mol. The largest absolute Gasteiger partial charge is 0.383 e. The quantitative estimate of drug-likeness (QED) is 0.679. The number of thiophene rings is 1. The van der Waals surface area contributed by atoms with Gasteiger partial charge in [0.2, 0.25) is 0 Å². The molecule has 3 heterocycles. The third kappa shape index (κ3) is 3.21. The van der Waals surface area contributed by atoms with Crippen molar-refractivity contribution < 1.29 is 9.90 Å². The molecule has 2 N–H and O–H groups in total. The second kappa shape index (κ2) is 7.32. The van der Waals surface area contributed by atoms with E-state index in [1.165, 1.54) is 0 Å². The van der Waals surface area contributed by atoms with Crippen LogP contribution in [0.1, 0.15) is 21.3 Å². The summed E-state index contributed by atoms with van der Waals surface area (Å²) in [5.41, 5.74) is 1.47. The van der Waals surface area contributed by atoms with Crippen LogP contribution in [0.25, 0.3) is 10.9 Å². The number of hydrogen-bond acceptors (Lipinski definition) is 5. The van der Waals surface area contributed by atoms with Crippen LogP contribution < -0.4 is 0 Å². The number of para-hydroxylation sites is 1. The highest BCUT2D eigenvalue weighted by atomic mass is 32.1. The first-order valence-corrected chi connectivity index (χ1v) is 9.77. The Morgan fingerprint density at radius 3 is 2.65 bits per heavy atom. The molecule has 1 aliphatic rings. The maximum atomic E-state index is 13.2. The number of hydrogen-bond donors (Lipinski definition) is 2. The highest BCUT2D eigenvalue weighted by molar-refractivity contribution is 7.10. The molecule has 5 nitrogen and oxygen atoms in total. The second-order valence-electron chi connectivity index (χ2n) is 6.86. The number of Topliss-reactive ketones (excluding diaryl/α,β-unsaturated/α-hetero) is 1. The van der Waals surface area contributed by atoms with Crippen LogP contribution in [0.4, 0.5) is 0 Å². The molecule has 1 aromatic carbocycles. The number of carbonyl (C=O) groups excluding carboxylic acids is 1. The fourth-order valence-electron chi connectivity index (χ4n) is 3.67. The molecule has 1 fully saturated rings. The molecule has 2 atom stereocenters. The van der Waals surface area contributed by atoms with Gasteiger partial charge in [0.1, 0.15) is 6.10 Å². The molecule has 0 radical (unpaired) electrons. The molecule has 0 bridgehead atoms. The molecule has 0 unspecified atom stereocenters. The lowest BCUT2D eigenvalue weighted by molar-refractivity contribution is 0.0240. The summed E-state index contributed by atoms with van der Waals surface area (Å²) in [7, 11) is 2.10. The van der Waals surface area contributed by atoms with Crippen molar-refractivity contribution in [2.24, 2.45) is 0 Å². The number of benzene rings is 1. The molecule has 0 spiro atoms. The van der Waals surface area contributed by atoms with E-state index in [1.54, 1.807) is 17.5 Å². The topological polar surface area (TPSA) is 59.6 Å². The van der Waals surface area contributed by atoms with Gasteiger partial charge in [0.15, 0.2) is 5.78 Å². The zero-order valence-corrected chi connectivity index (χ0v) is 15.6. The number of aliphatic hydroxyl groups is 1. The lowest BCUT2D eigenvalue weighted by Gasteiger charge is -2.39. The lowest BCUT2D eigenvalue weighted by atomic mass is 9.97. The number of carbonyl (C=O) groups is 1. The Kier molecular flexibility index (Phi) is 4.91. The fourth-order valence-corrected chi connectivity index (χ4v) is 4.56. The van der Waals surface area contributed by atoms with Gasteiger partial charge in [-0.25, -0.2) is 0 Å². The first kappa shape index (κ1) is 17.4. The van der Waals surface area contributed by atoms with Crippen LogP contribution in [-0.2, 0) is 0 Å². The number of nitrogens with one attached hydrogen (secondary N) is 1. The van der Waals surface area contributed by atoms with E-state index in [2.05, 4.69) is 21.8 Å². The van der Waals surface area contributed by atoms with Crippen LogP contribution in [0.5, 0.6) is 0 Å². The number of aromatic amines is 1. The predicted octanol–water partition coefficient (Wildman–Crippen LogP) is 2.76. The van der Waals surface area contributed by atoms with Crippen molar-refractivity contribution in [1.82, 2.24) is 14.8 Å². The minimum absolute atomic E-state index is 0.222. The van der Waals surface area contributed by atoms with Gasteiger partial charge in [0.25, 0.3) is 0 Å². The standard InChI is InChI=1S/C20H23N3O2S/c1-22-8-10-23(11-9-22)18(17-7-4-12-26-17)20(25)19(24)15-13-21-16-6-3-2-5-14(15)16/h2-7,12-13,18,20-21,25H,8-11H2,1H3/t18-,20-/m1/s1. The van der Waals surface area contributed by atoms with Gasteiger partial charge < -0.3 is 15.0 Å². The summed E-state index contributed by atoms with van der Waals surface area (Å²) in [4.78, 5) is 21.8. The summed E-state index contributed by atoms with van der Waals surface area (Å²) < 4.78 is 0. The van der Waals surface area contributed by atoms with E-state index < -0.39 is 6.10 Å². The number of aliphatic hydroxyl groups excluding tert-OH is 1. The van der Waals surface area contributed by atoms with Crippen LogP contribution in [-0.4, -0.2) is 65.0 Å². The Balaban J connectivity index is 1.65. The molecule has 0 amide bonds. The highest BCUT2D eigenvalue weighted by Crippen LogP contribution is 2.32. The molecule has 4 rings (SSSR count). The Morgan fingerprint density at radius 1 is 1.15 bits per heavy atom. The normalized spacial score (nSPS) is 18.8. The van der Waals surface area contributed by atoms with Crippen molar-refractivity contribution >= 4 is 28.0 Å². The molecule has 6 heteroatoms. The maximum Gasteiger partial charge on any atom is 0.195 e. The summed E-state index contributed by atoms with van der Waals surface area (Å²) in [5.74, 6) is -0.222. The average molecular weight is 369 g/mol. The van der Waals surface area contributed by atoms with Crippen LogP contribution >= 0.6 is 11.3 Å². The van der Waals surface area contributed by atoms with E-state index in [-0.39, 0.29) is 11.8 Å². The van der Waals surface area contributed by atoms with Crippen molar-refractivity contribution in [3.63, 3.8) is 0 Å². The molecular formula is C20H23N3O2S. The number of piperazine rings is 1. The van der Waals surface area contributed by atoms with Gasteiger partial charge in [-0.2, -0.15) is 0 Å². The highest BCUT2D eigenvalue weighted by Gasteiger charge is 2.35. The number of rotatable bonds is 5. The predicted molar refractivity (Wildman–Crippen MR) is 105 cm³/mol. The summed E-state index contributed by atoms with van der Waals surface area (Å²) in [5, 5.41) is 13.9. The Labute approximate surface area is 156 Å². The summed E-state index contributed by atoms with van der Waals surface area (Å²) >= 11 is 1.60. The third-order valence-electron chi connectivity index (χ3n) is 5.19. The van der Waals surface area contributed by atoms with E-state index >= 15 is 0 Å². The monoisotopic (exact) mass is 369 g/mol. The zero-order chi connectivity index (χ0) is 18.1. The van der Waals surface area contributed by atoms with Crippen LogP contribution in [0.2, 0.25) is 0 Å². The number of likely N-dealkylation sites (N-methyl/N-ethyl adjacent to an activating group) is 1. The first-order valence-electron chi connectivity index (χ1n) is 8.89. The molecule has 0 saturated carbocycles. The minimum Gasteiger partial charge on any atom is -0.383 e. The Bertz CT molecular complexity index is 881. The molecule has 2 aromatic heterocycles. The SMILES string of the molecule is CN1CCN([C@H](c2cccs2)[C@@H](O)C(=O)c2c[nH]c3ccccc23)CC1. The molecule has 1 aliphatic heterocycles. The molecule has 3 aromatic rings. The maximum absolute atomic E-state index is 13.2. The van der Waals surface area contributed by atoms with E-state index in [1.807, 2.05) is 41.8 Å². The number of nitrogens with zero attached hydrogens (tertiary/aromatic N) is 2. The van der Waals surface area contributed by atoms with Crippen molar-refractivity contribution in [2.45, 2.75) is 12.1 Å². The summed E-state index contributed by atoms with van der Waals surface area (Å²) in [6.45, 7) is 3.57. The summed E-state index contributed by atoms with van der Waals surface area (Å²) in [6.07, 6.45) is 0.627. The van der Waals surface area contributed by atoms with Crippen LogP contribution in [0.3, 0.4) is 0 Å². The number of fused-ring (bicyclic) bond motifs is 1. The van der Waals surface area contributed by atoms with Gasteiger partial charge in [-0.15, -0.1) is 11.3 Å². The molecule has 1 saturated heterocycles. The number of H-pyrrole nitrogens is 1. The molecule has 26 heavy (non-hydrogen) atoms. The second-order valence-corrected chi connectivity index (χ2v) is 7.84. The van der Waals surface area contributed by atoms with Crippen molar-refractivity contribution in [3.8, 4) is 0 Å². The smallest absolute Gasteiger partial charge is 0.195 e. The summed E-state index contributed by atoms with van der Waals surface area (Å²) in [6, 6.07) is 11.4. The third-order valence-corrected chi connectivity index (χ3v) is 6.13. The molecule has 0 aliphatic carbocycles. The average Bonchev–Trinajstić information content (AvgIpc) is 3.32. The van der Waals surface area contributed by atoms with E-state index in [9.17, 15) is 9.90 Å². The lowest BCUT2D eigenvalue weighted by Crippen LogP contribution is -2.49. The fraction of sp³-hybridized carbons (Fsp3) is 0.350. The minimum atomic E-state index is -1.09. The van der Waals surface area contributed by atoms with E-state index in [4.69, 9.17) is 0 Å². The van der Waals surface area contributed by atoms with Gasteiger partial charge in [-0.3, -0.25) is 9.69 Å². The van der Waals surface area contributed by atoms with Gasteiger partial charge in [0.05, 0.1) is 6.04 Å². The van der Waals surface area contributed by atoms with Crippen molar-refractivity contribution in [1.29, 1.82) is 0 Å².